The fourth-order valence-electron chi connectivity index (χ4n) is 2.33. The average Bonchev–Trinajstić information content (AvgIpc) is 2.50. The second-order valence-corrected chi connectivity index (χ2v) is 6.06. The topological polar surface area (TPSA) is 52.7 Å². The van der Waals surface area contributed by atoms with Crippen molar-refractivity contribution in [3.05, 3.63) is 33.8 Å². The third kappa shape index (κ3) is 3.83. The largest absolute Gasteiger partial charge is 0.339 e. The summed E-state index contributed by atoms with van der Waals surface area (Å²) in [7, 11) is 1.67. The molecule has 2 rings (SSSR count). The van der Waals surface area contributed by atoms with E-state index in [1.54, 1.807) is 18.0 Å². The maximum atomic E-state index is 12.5. The lowest BCUT2D eigenvalue weighted by molar-refractivity contribution is -0.132. The number of amides is 2. The SMILES string of the molecule is Cc1c(Br)cccc1C(=O)N(C)CC(=O)N1CCNCC1. The quantitative estimate of drug-likeness (QED) is 0.889. The van der Waals surface area contributed by atoms with Crippen molar-refractivity contribution in [2.24, 2.45) is 0 Å². The van der Waals surface area contributed by atoms with Gasteiger partial charge < -0.3 is 15.1 Å². The number of likely N-dealkylation sites (N-methyl/N-ethyl adjacent to an activating group) is 1. The van der Waals surface area contributed by atoms with Crippen LogP contribution >= 0.6 is 15.9 Å². The summed E-state index contributed by atoms with van der Waals surface area (Å²) in [4.78, 5) is 27.9. The van der Waals surface area contributed by atoms with Crippen LogP contribution in [0.5, 0.6) is 0 Å². The van der Waals surface area contributed by atoms with E-state index in [2.05, 4.69) is 21.2 Å². The van der Waals surface area contributed by atoms with Gasteiger partial charge in [-0.2, -0.15) is 0 Å². The Morgan fingerprint density at radius 3 is 2.67 bits per heavy atom. The summed E-state index contributed by atoms with van der Waals surface area (Å²) < 4.78 is 0.898. The lowest BCUT2D eigenvalue weighted by Crippen LogP contribution is -2.49. The molecule has 0 unspecified atom stereocenters. The maximum Gasteiger partial charge on any atom is 0.254 e. The molecule has 6 heteroatoms. The van der Waals surface area contributed by atoms with Gasteiger partial charge in [-0.25, -0.2) is 0 Å². The molecule has 1 N–H and O–H groups in total. The summed E-state index contributed by atoms with van der Waals surface area (Å²) >= 11 is 3.42. The molecule has 0 aliphatic carbocycles. The highest BCUT2D eigenvalue weighted by Gasteiger charge is 2.21. The van der Waals surface area contributed by atoms with Crippen LogP contribution in [0.15, 0.2) is 22.7 Å². The molecule has 1 fully saturated rings. The molecule has 1 aliphatic rings. The highest BCUT2D eigenvalue weighted by atomic mass is 79.9. The van der Waals surface area contributed by atoms with Gasteiger partial charge in [-0.05, 0) is 24.6 Å². The van der Waals surface area contributed by atoms with Crippen molar-refractivity contribution in [2.45, 2.75) is 6.92 Å². The third-order valence-corrected chi connectivity index (χ3v) is 4.55. The molecule has 0 radical (unpaired) electrons. The Kier molecular flexibility index (Phi) is 5.36. The molecule has 1 saturated heterocycles. The van der Waals surface area contributed by atoms with Crippen LogP contribution < -0.4 is 5.32 Å². The molecule has 2 amide bonds. The van der Waals surface area contributed by atoms with Gasteiger partial charge in [0.2, 0.25) is 5.91 Å². The monoisotopic (exact) mass is 353 g/mol. The van der Waals surface area contributed by atoms with Gasteiger partial charge in [0.1, 0.15) is 0 Å². The van der Waals surface area contributed by atoms with Crippen molar-refractivity contribution >= 4 is 27.7 Å². The normalized spacial score (nSPS) is 14.9. The minimum absolute atomic E-state index is 0.000000118. The smallest absolute Gasteiger partial charge is 0.254 e. The van der Waals surface area contributed by atoms with E-state index in [0.29, 0.717) is 18.7 Å². The van der Waals surface area contributed by atoms with Gasteiger partial charge in [-0.15, -0.1) is 0 Å². The standard InChI is InChI=1S/C15H20BrN3O2/c1-11-12(4-3-5-13(11)16)15(21)18(2)10-14(20)19-8-6-17-7-9-19/h3-5,17H,6-10H2,1-2H3. The molecule has 1 aromatic rings. The minimum Gasteiger partial charge on any atom is -0.339 e. The molecule has 0 saturated carbocycles. The van der Waals surface area contributed by atoms with Crippen LogP contribution in [0.4, 0.5) is 0 Å². The number of hydrogen-bond donors (Lipinski definition) is 1. The van der Waals surface area contributed by atoms with Crippen LogP contribution in [0.2, 0.25) is 0 Å². The molecule has 1 aliphatic heterocycles. The number of nitrogens with one attached hydrogen (secondary N) is 1. The van der Waals surface area contributed by atoms with Gasteiger partial charge in [-0.1, -0.05) is 22.0 Å². The van der Waals surface area contributed by atoms with Crippen molar-refractivity contribution < 1.29 is 9.59 Å². The Labute approximate surface area is 133 Å². The second kappa shape index (κ2) is 7.04. The van der Waals surface area contributed by atoms with E-state index < -0.39 is 0 Å². The van der Waals surface area contributed by atoms with E-state index in [4.69, 9.17) is 0 Å². The number of halogens is 1. The zero-order valence-corrected chi connectivity index (χ0v) is 13.9. The van der Waals surface area contributed by atoms with Gasteiger partial charge in [0.05, 0.1) is 6.54 Å². The van der Waals surface area contributed by atoms with Crippen molar-refractivity contribution in [3.63, 3.8) is 0 Å². The number of carbonyl (C=O) groups excluding carboxylic acids is 2. The highest BCUT2D eigenvalue weighted by molar-refractivity contribution is 9.10. The Hall–Kier alpha value is -1.40. The first-order valence-corrected chi connectivity index (χ1v) is 7.79. The molecule has 1 aromatic carbocycles. The first kappa shape index (κ1) is 16.0. The summed E-state index contributed by atoms with van der Waals surface area (Å²) in [6, 6.07) is 5.52. The van der Waals surface area contributed by atoms with Gasteiger partial charge in [0.25, 0.3) is 5.91 Å². The summed E-state index contributed by atoms with van der Waals surface area (Å²) in [5, 5.41) is 3.21. The summed E-state index contributed by atoms with van der Waals surface area (Å²) in [6.07, 6.45) is 0. The predicted octanol–water partition coefficient (Wildman–Crippen LogP) is 1.26. The molecule has 0 spiro atoms. The summed E-state index contributed by atoms with van der Waals surface area (Å²) in [5.74, 6) is -0.128. The number of hydrogen-bond acceptors (Lipinski definition) is 3. The summed E-state index contributed by atoms with van der Waals surface area (Å²) in [5.41, 5.74) is 1.52. The number of benzene rings is 1. The van der Waals surface area contributed by atoms with Crippen LogP contribution in [-0.2, 0) is 4.79 Å². The zero-order valence-electron chi connectivity index (χ0n) is 12.4. The van der Waals surface area contributed by atoms with Crippen LogP contribution in [0.3, 0.4) is 0 Å². The van der Waals surface area contributed by atoms with E-state index in [0.717, 1.165) is 23.1 Å². The first-order chi connectivity index (χ1) is 10.0. The van der Waals surface area contributed by atoms with Gasteiger partial charge in [-0.3, -0.25) is 9.59 Å². The molecule has 114 valence electrons. The van der Waals surface area contributed by atoms with E-state index >= 15 is 0 Å². The van der Waals surface area contributed by atoms with Gasteiger partial charge in [0.15, 0.2) is 0 Å². The van der Waals surface area contributed by atoms with Crippen LogP contribution in [0.25, 0.3) is 0 Å². The number of nitrogens with zero attached hydrogens (tertiary/aromatic N) is 2. The lowest BCUT2D eigenvalue weighted by atomic mass is 10.1. The van der Waals surface area contributed by atoms with Gasteiger partial charge >= 0.3 is 0 Å². The van der Waals surface area contributed by atoms with Crippen LogP contribution in [0.1, 0.15) is 15.9 Å². The molecular weight excluding hydrogens is 334 g/mol. The van der Waals surface area contributed by atoms with E-state index in [-0.39, 0.29) is 18.4 Å². The Balaban J connectivity index is 2.02. The third-order valence-electron chi connectivity index (χ3n) is 3.69. The highest BCUT2D eigenvalue weighted by Crippen LogP contribution is 2.20. The van der Waals surface area contributed by atoms with Crippen molar-refractivity contribution in [1.82, 2.24) is 15.1 Å². The minimum atomic E-state index is -0.128. The fraction of sp³-hybridized carbons (Fsp3) is 0.467. The van der Waals surface area contributed by atoms with Crippen molar-refractivity contribution in [2.75, 3.05) is 39.8 Å². The van der Waals surface area contributed by atoms with Crippen molar-refractivity contribution in [1.29, 1.82) is 0 Å². The predicted molar refractivity (Wildman–Crippen MR) is 85.3 cm³/mol. The number of piperazine rings is 1. The molecule has 0 aromatic heterocycles. The lowest BCUT2D eigenvalue weighted by Gasteiger charge is -2.29. The number of rotatable bonds is 3. The van der Waals surface area contributed by atoms with E-state index in [9.17, 15) is 9.59 Å². The summed E-state index contributed by atoms with van der Waals surface area (Å²) in [6.45, 7) is 5.05. The van der Waals surface area contributed by atoms with E-state index in [1.165, 1.54) is 4.90 Å². The maximum absolute atomic E-state index is 12.5. The Bertz CT molecular complexity index is 542. The van der Waals surface area contributed by atoms with Gasteiger partial charge in [0, 0.05) is 43.3 Å². The number of carbonyl (C=O) groups is 2. The molecule has 0 bridgehead atoms. The Morgan fingerprint density at radius 2 is 2.00 bits per heavy atom. The Morgan fingerprint density at radius 1 is 1.33 bits per heavy atom. The molecular formula is C15H20BrN3O2. The molecule has 0 atom stereocenters. The zero-order chi connectivity index (χ0) is 15.4. The molecule has 1 heterocycles. The van der Waals surface area contributed by atoms with Crippen LogP contribution in [-0.4, -0.2) is 61.4 Å². The molecule has 5 nitrogen and oxygen atoms in total. The average molecular weight is 354 g/mol. The second-order valence-electron chi connectivity index (χ2n) is 5.20. The van der Waals surface area contributed by atoms with Crippen molar-refractivity contribution in [3.8, 4) is 0 Å². The van der Waals surface area contributed by atoms with Crippen LogP contribution in [0, 0.1) is 6.92 Å². The first-order valence-electron chi connectivity index (χ1n) is 7.00. The fourth-order valence-corrected chi connectivity index (χ4v) is 2.70. The molecule has 21 heavy (non-hydrogen) atoms. The van der Waals surface area contributed by atoms with E-state index in [1.807, 2.05) is 19.1 Å².